The lowest BCUT2D eigenvalue weighted by molar-refractivity contribution is 0.206. The number of pyridine rings is 1. The minimum Gasteiger partial charge on any atom is -0.494 e. The first-order valence-electron chi connectivity index (χ1n) is 12.0. The Labute approximate surface area is 205 Å². The van der Waals surface area contributed by atoms with Crippen LogP contribution in [0.15, 0.2) is 77.8 Å². The molecule has 6 rings (SSSR count). The highest BCUT2D eigenvalue weighted by Gasteiger charge is 2.39. The summed E-state index contributed by atoms with van der Waals surface area (Å²) in [6.45, 7) is 6.57. The van der Waals surface area contributed by atoms with Gasteiger partial charge in [-0.3, -0.25) is 0 Å². The number of benzene rings is 3. The SMILES string of the molecule is COc1cc(C(C)(C)C)cc2ccc(Oc3cccc(C4=N[C@H]5c6ccccc6C[C@H]5O4)c3)nc12. The Morgan fingerprint density at radius 2 is 1.80 bits per heavy atom. The second-order valence-corrected chi connectivity index (χ2v) is 10.2. The number of methoxy groups -OCH3 is 1. The molecule has 0 saturated heterocycles. The van der Waals surface area contributed by atoms with E-state index in [4.69, 9.17) is 24.2 Å². The molecule has 4 aromatic rings. The van der Waals surface area contributed by atoms with E-state index >= 15 is 0 Å². The molecule has 2 atom stereocenters. The van der Waals surface area contributed by atoms with Gasteiger partial charge in [-0.15, -0.1) is 0 Å². The quantitative estimate of drug-likeness (QED) is 0.334. The summed E-state index contributed by atoms with van der Waals surface area (Å²) >= 11 is 0. The second kappa shape index (κ2) is 8.12. The molecule has 0 spiro atoms. The average Bonchev–Trinajstić information content (AvgIpc) is 3.41. The third-order valence-corrected chi connectivity index (χ3v) is 6.79. The van der Waals surface area contributed by atoms with Crippen molar-refractivity contribution in [3.63, 3.8) is 0 Å². The van der Waals surface area contributed by atoms with Crippen molar-refractivity contribution in [3.05, 3.63) is 95.1 Å². The molecule has 176 valence electrons. The first-order valence-corrected chi connectivity index (χ1v) is 12.0. The minimum absolute atomic E-state index is 0.0165. The van der Waals surface area contributed by atoms with E-state index in [-0.39, 0.29) is 17.6 Å². The summed E-state index contributed by atoms with van der Waals surface area (Å²) in [6.07, 6.45) is 0.962. The molecule has 0 N–H and O–H groups in total. The van der Waals surface area contributed by atoms with Gasteiger partial charge in [-0.25, -0.2) is 9.98 Å². The fourth-order valence-electron chi connectivity index (χ4n) is 4.88. The molecule has 0 saturated carbocycles. The van der Waals surface area contributed by atoms with Crippen LogP contribution in [0.3, 0.4) is 0 Å². The van der Waals surface area contributed by atoms with Crippen LogP contribution in [0.1, 0.15) is 49.1 Å². The fourth-order valence-corrected chi connectivity index (χ4v) is 4.88. The second-order valence-electron chi connectivity index (χ2n) is 10.2. The van der Waals surface area contributed by atoms with Gasteiger partial charge in [-0.1, -0.05) is 51.1 Å². The van der Waals surface area contributed by atoms with E-state index in [0.717, 1.165) is 28.6 Å². The Hall–Kier alpha value is -3.86. The maximum atomic E-state index is 6.25. The highest BCUT2D eigenvalue weighted by molar-refractivity contribution is 5.96. The van der Waals surface area contributed by atoms with Gasteiger partial charge in [-0.05, 0) is 58.5 Å². The lowest BCUT2D eigenvalue weighted by Crippen LogP contribution is -2.13. The zero-order valence-corrected chi connectivity index (χ0v) is 20.4. The Kier molecular flexibility index (Phi) is 5.03. The third-order valence-electron chi connectivity index (χ3n) is 6.79. The highest BCUT2D eigenvalue weighted by atomic mass is 16.5. The summed E-state index contributed by atoms with van der Waals surface area (Å²) in [7, 11) is 1.68. The lowest BCUT2D eigenvalue weighted by Gasteiger charge is -2.21. The number of aromatic nitrogens is 1. The Bertz CT molecular complexity index is 1470. The molecule has 1 aromatic heterocycles. The van der Waals surface area contributed by atoms with E-state index in [1.807, 2.05) is 36.4 Å². The van der Waals surface area contributed by atoms with E-state index in [9.17, 15) is 0 Å². The van der Waals surface area contributed by atoms with Crippen LogP contribution in [0.25, 0.3) is 10.9 Å². The first-order chi connectivity index (χ1) is 16.9. The molecule has 0 amide bonds. The van der Waals surface area contributed by atoms with Crippen molar-refractivity contribution in [1.82, 2.24) is 4.98 Å². The van der Waals surface area contributed by atoms with Crippen molar-refractivity contribution < 1.29 is 14.2 Å². The molecule has 0 unspecified atom stereocenters. The smallest absolute Gasteiger partial charge is 0.219 e. The predicted octanol–water partition coefficient (Wildman–Crippen LogP) is 6.78. The van der Waals surface area contributed by atoms with Crippen LogP contribution in [-0.2, 0) is 16.6 Å². The molecule has 2 aliphatic rings. The van der Waals surface area contributed by atoms with E-state index in [2.05, 4.69) is 57.2 Å². The van der Waals surface area contributed by atoms with Crippen LogP contribution in [0, 0.1) is 0 Å². The van der Waals surface area contributed by atoms with Gasteiger partial charge in [0.15, 0.2) is 0 Å². The van der Waals surface area contributed by atoms with Gasteiger partial charge >= 0.3 is 0 Å². The molecule has 1 aliphatic heterocycles. The molecule has 1 aliphatic carbocycles. The Morgan fingerprint density at radius 3 is 2.63 bits per heavy atom. The molecule has 3 aromatic carbocycles. The zero-order chi connectivity index (χ0) is 24.2. The van der Waals surface area contributed by atoms with Crippen LogP contribution < -0.4 is 9.47 Å². The molecule has 35 heavy (non-hydrogen) atoms. The molecule has 0 fully saturated rings. The Morgan fingerprint density at radius 1 is 0.943 bits per heavy atom. The monoisotopic (exact) mass is 464 g/mol. The summed E-state index contributed by atoms with van der Waals surface area (Å²) in [5.74, 6) is 2.61. The predicted molar refractivity (Wildman–Crippen MR) is 138 cm³/mol. The zero-order valence-electron chi connectivity index (χ0n) is 20.4. The van der Waals surface area contributed by atoms with Gasteiger partial charge in [0.2, 0.25) is 11.8 Å². The number of aliphatic imine (C=N–C) groups is 1. The van der Waals surface area contributed by atoms with Crippen LogP contribution in [0.5, 0.6) is 17.4 Å². The molecule has 0 radical (unpaired) electrons. The largest absolute Gasteiger partial charge is 0.494 e. The summed E-state index contributed by atoms with van der Waals surface area (Å²) in [4.78, 5) is 9.66. The standard InChI is InChI=1S/C30H28N2O3/c1-30(2,3)21-14-19-12-13-26(31-27(19)24(17-21)33-4)34-22-10-7-9-20(15-22)29-32-28-23-11-6-5-8-18(23)16-25(28)35-29/h5-15,17,25,28H,16H2,1-4H3/t25-,28+/m1/s1. The molecular weight excluding hydrogens is 436 g/mol. The van der Waals surface area contributed by atoms with Crippen molar-refractivity contribution in [2.75, 3.05) is 7.11 Å². The number of nitrogens with zero attached hydrogens (tertiary/aromatic N) is 2. The lowest BCUT2D eigenvalue weighted by atomic mass is 9.86. The number of fused-ring (bicyclic) bond motifs is 4. The summed E-state index contributed by atoms with van der Waals surface area (Å²) in [5, 5.41) is 1.02. The summed E-state index contributed by atoms with van der Waals surface area (Å²) in [6, 6.07) is 24.5. The van der Waals surface area contributed by atoms with Crippen LogP contribution >= 0.6 is 0 Å². The third kappa shape index (κ3) is 3.91. The fraction of sp³-hybridized carbons (Fsp3) is 0.267. The topological polar surface area (TPSA) is 52.9 Å². The average molecular weight is 465 g/mol. The molecule has 0 bridgehead atoms. The van der Waals surface area contributed by atoms with Crippen molar-refractivity contribution in [2.24, 2.45) is 4.99 Å². The minimum atomic E-state index is 0.0165. The van der Waals surface area contributed by atoms with Crippen molar-refractivity contribution in [2.45, 2.75) is 44.8 Å². The van der Waals surface area contributed by atoms with Gasteiger partial charge in [-0.2, -0.15) is 0 Å². The molecular formula is C30H28N2O3. The molecule has 5 nitrogen and oxygen atoms in total. The van der Waals surface area contributed by atoms with Crippen LogP contribution in [-0.4, -0.2) is 24.1 Å². The van der Waals surface area contributed by atoms with Gasteiger partial charge in [0.05, 0.1) is 7.11 Å². The number of rotatable bonds is 4. The maximum absolute atomic E-state index is 6.25. The number of ether oxygens (including phenoxy) is 3. The van der Waals surface area contributed by atoms with Crippen molar-refractivity contribution in [1.29, 1.82) is 0 Å². The summed E-state index contributed by atoms with van der Waals surface area (Å²) < 4.78 is 18.1. The van der Waals surface area contributed by atoms with Gasteiger partial charge in [0, 0.05) is 23.4 Å². The Balaban J connectivity index is 1.28. The number of hydrogen-bond donors (Lipinski definition) is 0. The van der Waals surface area contributed by atoms with Gasteiger partial charge < -0.3 is 14.2 Å². The number of hydrogen-bond acceptors (Lipinski definition) is 5. The van der Waals surface area contributed by atoms with E-state index in [1.54, 1.807) is 7.11 Å². The van der Waals surface area contributed by atoms with Crippen molar-refractivity contribution >= 4 is 16.8 Å². The van der Waals surface area contributed by atoms with Gasteiger partial charge in [0.1, 0.15) is 29.2 Å². The van der Waals surface area contributed by atoms with Gasteiger partial charge in [0.25, 0.3) is 0 Å². The van der Waals surface area contributed by atoms with Crippen LogP contribution in [0.4, 0.5) is 0 Å². The van der Waals surface area contributed by atoms with E-state index in [0.29, 0.717) is 17.5 Å². The molecule has 2 heterocycles. The normalized spacial score (nSPS) is 18.6. The highest BCUT2D eigenvalue weighted by Crippen LogP contribution is 2.41. The van der Waals surface area contributed by atoms with Crippen molar-refractivity contribution in [3.8, 4) is 17.4 Å². The first kappa shape index (κ1) is 21.7. The molecule has 5 heteroatoms. The summed E-state index contributed by atoms with van der Waals surface area (Å²) in [5.41, 5.74) is 5.50. The van der Waals surface area contributed by atoms with E-state index < -0.39 is 0 Å². The maximum Gasteiger partial charge on any atom is 0.219 e. The van der Waals surface area contributed by atoms with E-state index in [1.165, 1.54) is 16.7 Å². The van der Waals surface area contributed by atoms with Crippen LogP contribution in [0.2, 0.25) is 0 Å².